The zero-order valence-corrected chi connectivity index (χ0v) is 13.9. The van der Waals surface area contributed by atoms with Gasteiger partial charge in [-0.1, -0.05) is 19.1 Å². The van der Waals surface area contributed by atoms with E-state index in [1.165, 1.54) is 4.90 Å². The fourth-order valence-corrected chi connectivity index (χ4v) is 3.15. The Balaban J connectivity index is 2.08. The zero-order valence-electron chi connectivity index (χ0n) is 13.1. The van der Waals surface area contributed by atoms with Gasteiger partial charge in [-0.3, -0.25) is 4.98 Å². The molecule has 4 heteroatoms. The summed E-state index contributed by atoms with van der Waals surface area (Å²) < 4.78 is 0. The molecule has 0 spiro atoms. The first kappa shape index (κ1) is 15.1. The summed E-state index contributed by atoms with van der Waals surface area (Å²) in [6.45, 7) is 5.71. The Morgan fingerprint density at radius 1 is 1.18 bits per heavy atom. The number of nitrogens with zero attached hydrogens (tertiary/aromatic N) is 1. The number of benzene rings is 1. The van der Waals surface area contributed by atoms with Gasteiger partial charge in [0.2, 0.25) is 0 Å². The van der Waals surface area contributed by atoms with E-state index in [9.17, 15) is 5.11 Å². The topological polar surface area (TPSA) is 48.9 Å². The highest BCUT2D eigenvalue weighted by molar-refractivity contribution is 7.99. The standard InChI is InChI=1S/C18H20N2OS/c1-4-22-13-7-5-12(6-8-13)17-14-11-16(18(2,3)21)20-15(14)9-10-19-17/h5-11,20-21H,4H2,1-3H3. The maximum atomic E-state index is 10.2. The Morgan fingerprint density at radius 3 is 2.55 bits per heavy atom. The summed E-state index contributed by atoms with van der Waals surface area (Å²) in [6, 6.07) is 12.4. The van der Waals surface area contributed by atoms with Gasteiger partial charge in [0.25, 0.3) is 0 Å². The van der Waals surface area contributed by atoms with Gasteiger partial charge in [0.1, 0.15) is 0 Å². The lowest BCUT2D eigenvalue weighted by molar-refractivity contribution is 0.0747. The number of H-pyrrole nitrogens is 1. The number of nitrogens with one attached hydrogen (secondary N) is 1. The van der Waals surface area contributed by atoms with E-state index in [1.807, 2.05) is 23.9 Å². The van der Waals surface area contributed by atoms with Crippen LogP contribution in [0.3, 0.4) is 0 Å². The minimum absolute atomic E-state index is 0.801. The van der Waals surface area contributed by atoms with Gasteiger partial charge in [0.05, 0.1) is 11.3 Å². The number of aromatic nitrogens is 2. The van der Waals surface area contributed by atoms with Gasteiger partial charge in [-0.2, -0.15) is 0 Å². The summed E-state index contributed by atoms with van der Waals surface area (Å²) in [5, 5.41) is 11.2. The van der Waals surface area contributed by atoms with Crippen molar-refractivity contribution in [3.8, 4) is 11.3 Å². The largest absolute Gasteiger partial charge is 0.384 e. The molecule has 0 aliphatic rings. The fourth-order valence-electron chi connectivity index (χ4n) is 2.49. The molecule has 114 valence electrons. The van der Waals surface area contributed by atoms with Crippen LogP contribution in [0.15, 0.2) is 47.5 Å². The molecule has 0 aliphatic carbocycles. The fraction of sp³-hybridized carbons (Fsp3) is 0.278. The minimum Gasteiger partial charge on any atom is -0.384 e. The van der Waals surface area contributed by atoms with Crippen LogP contribution in [0.2, 0.25) is 0 Å². The molecular formula is C18H20N2OS. The van der Waals surface area contributed by atoms with Crippen LogP contribution in [0.4, 0.5) is 0 Å². The molecule has 0 amide bonds. The van der Waals surface area contributed by atoms with E-state index < -0.39 is 5.60 Å². The zero-order chi connectivity index (χ0) is 15.7. The third kappa shape index (κ3) is 2.89. The molecule has 1 aromatic carbocycles. The Hall–Kier alpha value is -1.78. The number of aliphatic hydroxyl groups is 1. The van der Waals surface area contributed by atoms with Crippen molar-refractivity contribution in [2.45, 2.75) is 31.3 Å². The van der Waals surface area contributed by atoms with Crippen molar-refractivity contribution < 1.29 is 5.11 Å². The number of aromatic amines is 1. The van der Waals surface area contributed by atoms with E-state index in [-0.39, 0.29) is 0 Å². The molecule has 3 rings (SSSR count). The van der Waals surface area contributed by atoms with Crippen LogP contribution in [0.1, 0.15) is 26.5 Å². The monoisotopic (exact) mass is 312 g/mol. The Morgan fingerprint density at radius 2 is 1.91 bits per heavy atom. The molecule has 3 nitrogen and oxygen atoms in total. The van der Waals surface area contributed by atoms with Gasteiger partial charge in [-0.05, 0) is 43.9 Å². The molecule has 0 bridgehead atoms. The van der Waals surface area contributed by atoms with Crippen LogP contribution in [-0.2, 0) is 5.60 Å². The van der Waals surface area contributed by atoms with Crippen LogP contribution < -0.4 is 0 Å². The normalized spacial score (nSPS) is 12.0. The number of fused-ring (bicyclic) bond motifs is 1. The molecule has 0 aliphatic heterocycles. The van der Waals surface area contributed by atoms with Crippen LogP contribution in [-0.4, -0.2) is 20.8 Å². The molecule has 0 radical (unpaired) electrons. The summed E-state index contributed by atoms with van der Waals surface area (Å²) in [6.07, 6.45) is 1.80. The van der Waals surface area contributed by atoms with Gasteiger partial charge in [-0.15, -0.1) is 11.8 Å². The first-order valence-electron chi connectivity index (χ1n) is 7.43. The molecule has 2 heterocycles. The third-order valence-electron chi connectivity index (χ3n) is 3.65. The lowest BCUT2D eigenvalue weighted by Gasteiger charge is -2.14. The van der Waals surface area contributed by atoms with Crippen LogP contribution >= 0.6 is 11.8 Å². The quantitative estimate of drug-likeness (QED) is 0.694. The van der Waals surface area contributed by atoms with Crippen LogP contribution in [0.25, 0.3) is 22.2 Å². The molecule has 0 saturated heterocycles. The van der Waals surface area contributed by atoms with Crippen molar-refractivity contribution in [3.05, 3.63) is 48.3 Å². The summed E-state index contributed by atoms with van der Waals surface area (Å²) in [4.78, 5) is 9.09. The van der Waals surface area contributed by atoms with Crippen molar-refractivity contribution in [2.75, 3.05) is 5.75 Å². The second-order valence-electron chi connectivity index (χ2n) is 5.82. The minimum atomic E-state index is -0.891. The second-order valence-corrected chi connectivity index (χ2v) is 7.16. The molecule has 2 N–H and O–H groups in total. The van der Waals surface area contributed by atoms with E-state index in [0.717, 1.165) is 33.6 Å². The maximum absolute atomic E-state index is 10.2. The number of hydrogen-bond acceptors (Lipinski definition) is 3. The molecule has 22 heavy (non-hydrogen) atoms. The smallest absolute Gasteiger partial charge is 0.0987 e. The summed E-state index contributed by atoms with van der Waals surface area (Å²) in [5.74, 6) is 1.07. The molecular weight excluding hydrogens is 292 g/mol. The molecule has 0 fully saturated rings. The first-order valence-corrected chi connectivity index (χ1v) is 8.41. The SMILES string of the molecule is CCSc1ccc(-c2nccc3[nH]c(C(C)(C)O)cc23)cc1. The van der Waals surface area contributed by atoms with E-state index in [1.54, 1.807) is 20.0 Å². The second kappa shape index (κ2) is 5.78. The van der Waals surface area contributed by atoms with Gasteiger partial charge in [0, 0.05) is 33.3 Å². The maximum Gasteiger partial charge on any atom is 0.0987 e. The van der Waals surface area contributed by atoms with E-state index in [2.05, 4.69) is 41.2 Å². The van der Waals surface area contributed by atoms with Gasteiger partial charge < -0.3 is 10.1 Å². The Labute approximate surface area is 134 Å². The average Bonchev–Trinajstić information content (AvgIpc) is 2.92. The van der Waals surface area contributed by atoms with E-state index in [0.29, 0.717) is 0 Å². The third-order valence-corrected chi connectivity index (χ3v) is 4.54. The number of rotatable bonds is 4. The van der Waals surface area contributed by atoms with Crippen molar-refractivity contribution in [1.82, 2.24) is 9.97 Å². The predicted octanol–water partition coefficient (Wildman–Crippen LogP) is 4.57. The van der Waals surface area contributed by atoms with Crippen LogP contribution in [0, 0.1) is 0 Å². The molecule has 2 aromatic heterocycles. The molecule has 0 saturated carbocycles. The highest BCUT2D eigenvalue weighted by atomic mass is 32.2. The number of hydrogen-bond donors (Lipinski definition) is 2. The average molecular weight is 312 g/mol. The lowest BCUT2D eigenvalue weighted by Crippen LogP contribution is -2.15. The number of thioether (sulfide) groups is 1. The summed E-state index contributed by atoms with van der Waals surface area (Å²) in [5.41, 5.74) is 2.94. The van der Waals surface area contributed by atoms with E-state index >= 15 is 0 Å². The highest BCUT2D eigenvalue weighted by Gasteiger charge is 2.19. The predicted molar refractivity (Wildman–Crippen MR) is 93.2 cm³/mol. The number of pyridine rings is 1. The molecule has 0 atom stereocenters. The highest BCUT2D eigenvalue weighted by Crippen LogP contribution is 2.31. The summed E-state index contributed by atoms with van der Waals surface area (Å²) >= 11 is 1.83. The van der Waals surface area contributed by atoms with Crippen molar-refractivity contribution in [1.29, 1.82) is 0 Å². The molecule has 3 aromatic rings. The Kier molecular flexibility index (Phi) is 3.98. The lowest BCUT2D eigenvalue weighted by atomic mass is 10.0. The van der Waals surface area contributed by atoms with Gasteiger partial charge in [-0.25, -0.2) is 0 Å². The Bertz CT molecular complexity index is 785. The van der Waals surface area contributed by atoms with Crippen molar-refractivity contribution in [2.24, 2.45) is 0 Å². The molecule has 0 unspecified atom stereocenters. The van der Waals surface area contributed by atoms with Crippen molar-refractivity contribution in [3.63, 3.8) is 0 Å². The van der Waals surface area contributed by atoms with Crippen molar-refractivity contribution >= 4 is 22.7 Å². The van der Waals surface area contributed by atoms with Gasteiger partial charge >= 0.3 is 0 Å². The van der Waals surface area contributed by atoms with Crippen LogP contribution in [0.5, 0.6) is 0 Å². The van der Waals surface area contributed by atoms with Gasteiger partial charge in [0.15, 0.2) is 0 Å². The van der Waals surface area contributed by atoms with E-state index in [4.69, 9.17) is 0 Å². The first-order chi connectivity index (χ1) is 10.5. The summed E-state index contributed by atoms with van der Waals surface area (Å²) in [7, 11) is 0.